The van der Waals surface area contributed by atoms with Crippen molar-refractivity contribution in [3.05, 3.63) is 18.0 Å². The number of nitrogens with two attached hydrogens (primary N) is 1. The quantitative estimate of drug-likeness (QED) is 0.899. The van der Waals surface area contributed by atoms with Gasteiger partial charge in [0.15, 0.2) is 0 Å². The van der Waals surface area contributed by atoms with E-state index >= 15 is 0 Å². The summed E-state index contributed by atoms with van der Waals surface area (Å²) in [4.78, 5) is 0.346. The Kier molecular flexibility index (Phi) is 4.88. The van der Waals surface area contributed by atoms with Crippen molar-refractivity contribution < 1.29 is 8.42 Å². The number of hydrogen-bond acceptors (Lipinski definition) is 3. The normalized spacial score (nSPS) is 17.8. The minimum atomic E-state index is -3.39. The minimum Gasteiger partial charge on any atom is -0.352 e. The zero-order valence-corrected chi connectivity index (χ0v) is 13.2. The van der Waals surface area contributed by atoms with Gasteiger partial charge < -0.3 is 10.3 Å². The summed E-state index contributed by atoms with van der Waals surface area (Å²) in [5.74, 6) is 0.501. The van der Waals surface area contributed by atoms with Crippen LogP contribution in [0.5, 0.6) is 0 Å². The third-order valence-electron chi connectivity index (χ3n) is 4.24. The molecule has 0 radical (unpaired) electrons. The van der Waals surface area contributed by atoms with Gasteiger partial charge in [-0.3, -0.25) is 0 Å². The van der Waals surface area contributed by atoms with Gasteiger partial charge in [0.2, 0.25) is 10.0 Å². The number of nitrogens with zero attached hydrogens (tertiary/aromatic N) is 2. The fourth-order valence-electron chi connectivity index (χ4n) is 2.93. The Morgan fingerprint density at radius 2 is 2.00 bits per heavy atom. The molecule has 0 unspecified atom stereocenters. The summed E-state index contributed by atoms with van der Waals surface area (Å²) in [5.41, 5.74) is 6.43. The van der Waals surface area contributed by atoms with Crippen LogP contribution in [0.2, 0.25) is 0 Å². The maximum Gasteiger partial charge on any atom is 0.244 e. The van der Waals surface area contributed by atoms with Crippen molar-refractivity contribution in [3.8, 4) is 0 Å². The first-order chi connectivity index (χ1) is 9.45. The standard InChI is InChI=1S/C14H25N3O2S/c1-16-11-14(8-13(16)9-15)20(18,19)17(2)10-12-6-4-3-5-7-12/h8,11-12H,3-7,9-10,15H2,1-2H3. The monoisotopic (exact) mass is 299 g/mol. The summed E-state index contributed by atoms with van der Waals surface area (Å²) in [7, 11) is 0.108. The van der Waals surface area contributed by atoms with Crippen LogP contribution in [0.3, 0.4) is 0 Å². The third kappa shape index (κ3) is 3.24. The number of aryl methyl sites for hydroxylation is 1. The van der Waals surface area contributed by atoms with E-state index in [0.29, 0.717) is 23.9 Å². The van der Waals surface area contributed by atoms with Crippen LogP contribution in [0.25, 0.3) is 0 Å². The Balaban J connectivity index is 2.11. The van der Waals surface area contributed by atoms with Crippen molar-refractivity contribution in [2.45, 2.75) is 43.5 Å². The molecule has 1 aliphatic carbocycles. The van der Waals surface area contributed by atoms with Crippen molar-refractivity contribution in [1.29, 1.82) is 0 Å². The highest BCUT2D eigenvalue weighted by Crippen LogP contribution is 2.26. The van der Waals surface area contributed by atoms with Gasteiger partial charge >= 0.3 is 0 Å². The molecule has 0 saturated heterocycles. The van der Waals surface area contributed by atoms with Crippen LogP contribution < -0.4 is 5.73 Å². The molecule has 2 N–H and O–H groups in total. The number of hydrogen-bond donors (Lipinski definition) is 1. The summed E-state index contributed by atoms with van der Waals surface area (Å²) in [6.45, 7) is 0.966. The second kappa shape index (κ2) is 6.28. The van der Waals surface area contributed by atoms with E-state index in [4.69, 9.17) is 5.73 Å². The van der Waals surface area contributed by atoms with Gasteiger partial charge in [0.25, 0.3) is 0 Å². The lowest BCUT2D eigenvalue weighted by Gasteiger charge is -2.26. The molecule has 1 aromatic rings. The number of aromatic nitrogens is 1. The van der Waals surface area contributed by atoms with Gasteiger partial charge in [-0.1, -0.05) is 19.3 Å². The zero-order valence-electron chi connectivity index (χ0n) is 12.4. The molecule has 0 bridgehead atoms. The molecule has 20 heavy (non-hydrogen) atoms. The number of rotatable bonds is 5. The first kappa shape index (κ1) is 15.5. The summed E-state index contributed by atoms with van der Waals surface area (Å²) < 4.78 is 28.4. The van der Waals surface area contributed by atoms with Crippen molar-refractivity contribution in [2.24, 2.45) is 18.7 Å². The van der Waals surface area contributed by atoms with Gasteiger partial charge in [-0.25, -0.2) is 12.7 Å². The molecule has 1 fully saturated rings. The molecule has 0 aromatic carbocycles. The smallest absolute Gasteiger partial charge is 0.244 e. The van der Waals surface area contributed by atoms with E-state index in [1.165, 1.54) is 23.6 Å². The van der Waals surface area contributed by atoms with E-state index < -0.39 is 10.0 Å². The molecule has 0 amide bonds. The van der Waals surface area contributed by atoms with Crippen LogP contribution in [0.1, 0.15) is 37.8 Å². The van der Waals surface area contributed by atoms with Crippen LogP contribution in [0.4, 0.5) is 0 Å². The molecule has 6 heteroatoms. The molecule has 1 saturated carbocycles. The van der Waals surface area contributed by atoms with Crippen LogP contribution in [-0.4, -0.2) is 30.9 Å². The van der Waals surface area contributed by atoms with E-state index in [2.05, 4.69) is 0 Å². The van der Waals surface area contributed by atoms with Crippen LogP contribution in [0, 0.1) is 5.92 Å². The van der Waals surface area contributed by atoms with Gasteiger partial charge in [-0.2, -0.15) is 0 Å². The molecule has 1 aliphatic rings. The molecule has 5 nitrogen and oxygen atoms in total. The molecule has 0 aliphatic heterocycles. The summed E-state index contributed by atoms with van der Waals surface area (Å²) in [5, 5.41) is 0. The number of sulfonamides is 1. The van der Waals surface area contributed by atoms with Crippen LogP contribution in [0.15, 0.2) is 17.2 Å². The van der Waals surface area contributed by atoms with Crippen LogP contribution >= 0.6 is 0 Å². The Bertz CT molecular complexity index is 545. The molecule has 114 valence electrons. The Labute approximate surface area is 121 Å². The van der Waals surface area contributed by atoms with Gasteiger partial charge in [-0.05, 0) is 24.8 Å². The first-order valence-corrected chi connectivity index (χ1v) is 8.71. The molecule has 1 aromatic heterocycles. The third-order valence-corrected chi connectivity index (χ3v) is 6.03. The topological polar surface area (TPSA) is 68.3 Å². The van der Waals surface area contributed by atoms with E-state index in [9.17, 15) is 8.42 Å². The highest BCUT2D eigenvalue weighted by Gasteiger charge is 2.26. The lowest BCUT2D eigenvalue weighted by molar-refractivity contribution is 0.300. The lowest BCUT2D eigenvalue weighted by Crippen LogP contribution is -2.32. The second-order valence-electron chi connectivity index (χ2n) is 5.77. The molecule has 0 spiro atoms. The molecule has 2 rings (SSSR count). The first-order valence-electron chi connectivity index (χ1n) is 7.27. The summed E-state index contributed by atoms with van der Waals surface area (Å²) in [6.07, 6.45) is 7.66. The highest BCUT2D eigenvalue weighted by molar-refractivity contribution is 7.89. The average molecular weight is 299 g/mol. The van der Waals surface area contributed by atoms with E-state index in [1.54, 1.807) is 23.9 Å². The van der Waals surface area contributed by atoms with Crippen LogP contribution in [-0.2, 0) is 23.6 Å². The predicted octanol–water partition coefficient (Wildman–Crippen LogP) is 1.68. The van der Waals surface area contributed by atoms with Gasteiger partial charge in [-0.15, -0.1) is 0 Å². The van der Waals surface area contributed by atoms with E-state index in [1.807, 2.05) is 7.05 Å². The molecular formula is C14H25N3O2S. The van der Waals surface area contributed by atoms with Gasteiger partial charge in [0.05, 0.1) is 0 Å². The predicted molar refractivity (Wildman–Crippen MR) is 79.7 cm³/mol. The average Bonchev–Trinajstić information content (AvgIpc) is 2.81. The molecular weight excluding hydrogens is 274 g/mol. The maximum atomic E-state index is 12.6. The summed E-state index contributed by atoms with van der Waals surface area (Å²) in [6, 6.07) is 1.67. The van der Waals surface area contributed by atoms with Crippen molar-refractivity contribution in [2.75, 3.05) is 13.6 Å². The summed E-state index contributed by atoms with van der Waals surface area (Å²) >= 11 is 0. The zero-order chi connectivity index (χ0) is 14.8. The maximum absolute atomic E-state index is 12.6. The van der Waals surface area contributed by atoms with Crippen molar-refractivity contribution >= 4 is 10.0 Å². The van der Waals surface area contributed by atoms with E-state index in [-0.39, 0.29) is 0 Å². The van der Waals surface area contributed by atoms with Gasteiger partial charge in [0, 0.05) is 39.1 Å². The fourth-order valence-corrected chi connectivity index (χ4v) is 4.28. The lowest BCUT2D eigenvalue weighted by atomic mass is 9.89. The molecule has 1 heterocycles. The Morgan fingerprint density at radius 1 is 1.35 bits per heavy atom. The Hall–Kier alpha value is -0.850. The van der Waals surface area contributed by atoms with Crippen molar-refractivity contribution in [1.82, 2.24) is 8.87 Å². The van der Waals surface area contributed by atoms with E-state index in [0.717, 1.165) is 18.5 Å². The molecule has 0 atom stereocenters. The fraction of sp³-hybridized carbons (Fsp3) is 0.714. The second-order valence-corrected chi connectivity index (χ2v) is 7.82. The largest absolute Gasteiger partial charge is 0.352 e. The van der Waals surface area contributed by atoms with Gasteiger partial charge in [0.1, 0.15) is 4.90 Å². The highest BCUT2D eigenvalue weighted by atomic mass is 32.2. The Morgan fingerprint density at radius 3 is 2.55 bits per heavy atom. The SMILES string of the molecule is CN(CC1CCCCC1)S(=O)(=O)c1cc(CN)n(C)c1. The minimum absolute atomic E-state index is 0.346. The van der Waals surface area contributed by atoms with Crippen molar-refractivity contribution in [3.63, 3.8) is 0 Å².